The van der Waals surface area contributed by atoms with Crippen LogP contribution < -0.4 is 5.73 Å². The van der Waals surface area contributed by atoms with Crippen LogP contribution in [0, 0.1) is 12.8 Å². The highest BCUT2D eigenvalue weighted by Gasteiger charge is 1.94. The summed E-state index contributed by atoms with van der Waals surface area (Å²) >= 11 is 0. The Kier molecular flexibility index (Phi) is 2.95. The maximum atomic E-state index is 5.24. The summed E-state index contributed by atoms with van der Waals surface area (Å²) in [5, 5.41) is 0. The van der Waals surface area contributed by atoms with E-state index in [1.54, 1.807) is 0 Å². The molecule has 0 aromatic heterocycles. The zero-order chi connectivity index (χ0) is 4.99. The normalized spacial score (nSPS) is 14.3. The predicted molar refractivity (Wildman–Crippen MR) is 28.2 cm³/mol. The second-order valence-corrected chi connectivity index (χ2v) is 1.63. The molecule has 36 valence electrons. The molecule has 0 aromatic carbocycles. The molecule has 0 radical (unpaired) electrons. The van der Waals surface area contributed by atoms with Gasteiger partial charge in [0.15, 0.2) is 0 Å². The SMILES string of the molecule is [CH2+]CC(C)CN. The summed E-state index contributed by atoms with van der Waals surface area (Å²) in [6, 6.07) is 0. The maximum absolute atomic E-state index is 5.24. The van der Waals surface area contributed by atoms with E-state index in [2.05, 4.69) is 13.8 Å². The second kappa shape index (κ2) is 3.04. The summed E-state index contributed by atoms with van der Waals surface area (Å²) in [6.07, 6.45) is 0.955. The van der Waals surface area contributed by atoms with Crippen molar-refractivity contribution in [1.29, 1.82) is 0 Å². The van der Waals surface area contributed by atoms with Gasteiger partial charge in [-0.05, 0) is 6.54 Å². The van der Waals surface area contributed by atoms with Crippen molar-refractivity contribution < 1.29 is 0 Å². The van der Waals surface area contributed by atoms with Crippen LogP contribution in [0.3, 0.4) is 0 Å². The third-order valence-corrected chi connectivity index (χ3v) is 0.895. The average Bonchev–Trinajstić information content (AvgIpc) is 1.65. The molecule has 0 rings (SSSR count). The van der Waals surface area contributed by atoms with Gasteiger partial charge in [0.25, 0.3) is 0 Å². The summed E-state index contributed by atoms with van der Waals surface area (Å²) < 4.78 is 0. The third kappa shape index (κ3) is 2.09. The Labute approximate surface area is 39.5 Å². The molecule has 0 saturated carbocycles. The molecular weight excluding hydrogens is 74.1 g/mol. The van der Waals surface area contributed by atoms with E-state index >= 15 is 0 Å². The standard InChI is InChI=1S/C5H12N/c1-3-5(2)4-6/h5H,1,3-4,6H2,2H3/q+1. The molecule has 1 unspecified atom stereocenters. The third-order valence-electron chi connectivity index (χ3n) is 0.895. The number of nitrogens with two attached hydrogens (primary N) is 1. The van der Waals surface area contributed by atoms with E-state index < -0.39 is 0 Å². The molecule has 0 saturated heterocycles. The molecule has 1 nitrogen and oxygen atoms in total. The van der Waals surface area contributed by atoms with Crippen LogP contribution in [-0.4, -0.2) is 6.54 Å². The first-order valence-electron chi connectivity index (χ1n) is 2.30. The van der Waals surface area contributed by atoms with Crippen LogP contribution in [0.15, 0.2) is 0 Å². The zero-order valence-electron chi connectivity index (χ0n) is 4.28. The van der Waals surface area contributed by atoms with Crippen LogP contribution in [0.25, 0.3) is 0 Å². The Hall–Kier alpha value is -0.170. The maximum Gasteiger partial charge on any atom is 0.0888 e. The summed E-state index contributed by atoms with van der Waals surface area (Å²) in [4.78, 5) is 0. The molecule has 0 amide bonds. The number of hydrogen-bond acceptors (Lipinski definition) is 1. The smallest absolute Gasteiger partial charge is 0.0888 e. The van der Waals surface area contributed by atoms with E-state index in [0.717, 1.165) is 13.0 Å². The minimum Gasteiger partial charge on any atom is -0.330 e. The quantitative estimate of drug-likeness (QED) is 0.494. The summed E-state index contributed by atoms with van der Waals surface area (Å²) in [7, 11) is 0. The molecule has 0 fully saturated rings. The first kappa shape index (κ1) is 5.83. The second-order valence-electron chi connectivity index (χ2n) is 1.63. The molecule has 1 heteroatoms. The van der Waals surface area contributed by atoms with Crippen molar-refractivity contribution in [2.24, 2.45) is 11.7 Å². The Morgan fingerprint density at radius 3 is 2.33 bits per heavy atom. The lowest BCUT2D eigenvalue weighted by molar-refractivity contribution is 0.604. The van der Waals surface area contributed by atoms with Gasteiger partial charge >= 0.3 is 0 Å². The van der Waals surface area contributed by atoms with E-state index in [9.17, 15) is 0 Å². The Balaban J connectivity index is 2.75. The lowest BCUT2D eigenvalue weighted by Crippen LogP contribution is -2.08. The van der Waals surface area contributed by atoms with Gasteiger partial charge in [0.1, 0.15) is 0 Å². The molecule has 0 aliphatic carbocycles. The molecule has 0 heterocycles. The topological polar surface area (TPSA) is 26.0 Å². The Morgan fingerprint density at radius 1 is 1.83 bits per heavy atom. The van der Waals surface area contributed by atoms with E-state index in [1.165, 1.54) is 0 Å². The van der Waals surface area contributed by atoms with Crippen LogP contribution in [0.1, 0.15) is 13.3 Å². The largest absolute Gasteiger partial charge is 0.330 e. The fourth-order valence-corrected chi connectivity index (χ4v) is 0.118. The highest BCUT2D eigenvalue weighted by Crippen LogP contribution is 1.93. The van der Waals surface area contributed by atoms with Gasteiger partial charge in [-0.25, -0.2) is 0 Å². The lowest BCUT2D eigenvalue weighted by atomic mass is 10.1. The van der Waals surface area contributed by atoms with Gasteiger partial charge in [0.2, 0.25) is 0 Å². The molecule has 6 heavy (non-hydrogen) atoms. The zero-order valence-corrected chi connectivity index (χ0v) is 4.28. The minimum atomic E-state index is 0.602. The van der Waals surface area contributed by atoms with Gasteiger partial charge in [-0.15, -0.1) is 0 Å². The monoisotopic (exact) mass is 86.1 g/mol. The van der Waals surface area contributed by atoms with Crippen LogP contribution >= 0.6 is 0 Å². The van der Waals surface area contributed by atoms with Gasteiger partial charge in [-0.2, -0.15) is 0 Å². The van der Waals surface area contributed by atoms with Crippen LogP contribution in [0.4, 0.5) is 0 Å². The molecule has 0 aliphatic heterocycles. The fourth-order valence-electron chi connectivity index (χ4n) is 0.118. The van der Waals surface area contributed by atoms with E-state index in [0.29, 0.717) is 5.92 Å². The van der Waals surface area contributed by atoms with E-state index in [1.807, 2.05) is 0 Å². The van der Waals surface area contributed by atoms with Crippen LogP contribution in [0.5, 0.6) is 0 Å². The van der Waals surface area contributed by atoms with Gasteiger partial charge in [0, 0.05) is 5.92 Å². The fraction of sp³-hybridized carbons (Fsp3) is 0.800. The van der Waals surface area contributed by atoms with Crippen molar-refractivity contribution in [3.05, 3.63) is 6.92 Å². The van der Waals surface area contributed by atoms with Crippen LogP contribution in [-0.2, 0) is 0 Å². The Bertz CT molecular complexity index is 23.1. The van der Waals surface area contributed by atoms with Crippen molar-refractivity contribution in [2.75, 3.05) is 6.54 Å². The average molecular weight is 86.2 g/mol. The molecular formula is C5H12N+. The molecule has 0 aliphatic rings. The summed E-state index contributed by atoms with van der Waals surface area (Å²) in [5.74, 6) is 0.602. The Morgan fingerprint density at radius 2 is 2.33 bits per heavy atom. The predicted octanol–water partition coefficient (Wildman–Crippen LogP) is 0.805. The van der Waals surface area contributed by atoms with Crippen LogP contribution in [0.2, 0.25) is 0 Å². The first-order valence-corrected chi connectivity index (χ1v) is 2.30. The van der Waals surface area contributed by atoms with Gasteiger partial charge in [-0.1, -0.05) is 6.92 Å². The summed E-state index contributed by atoms with van der Waals surface area (Å²) in [5.41, 5.74) is 5.24. The van der Waals surface area contributed by atoms with E-state index in [4.69, 9.17) is 5.73 Å². The molecule has 0 aromatic rings. The molecule has 2 N–H and O–H groups in total. The first-order chi connectivity index (χ1) is 2.81. The number of rotatable bonds is 2. The van der Waals surface area contributed by atoms with Gasteiger partial charge in [-0.3, -0.25) is 0 Å². The highest BCUT2D eigenvalue weighted by atomic mass is 14.5. The minimum absolute atomic E-state index is 0.602. The lowest BCUT2D eigenvalue weighted by Gasteiger charge is -1.94. The molecule has 1 atom stereocenters. The van der Waals surface area contributed by atoms with Gasteiger partial charge < -0.3 is 5.73 Å². The van der Waals surface area contributed by atoms with Gasteiger partial charge in [0.05, 0.1) is 13.3 Å². The van der Waals surface area contributed by atoms with Crippen molar-refractivity contribution in [3.63, 3.8) is 0 Å². The summed E-state index contributed by atoms with van der Waals surface area (Å²) in [6.45, 7) is 6.53. The van der Waals surface area contributed by atoms with Crippen molar-refractivity contribution in [1.82, 2.24) is 0 Å². The van der Waals surface area contributed by atoms with Crippen molar-refractivity contribution in [3.8, 4) is 0 Å². The number of hydrogen-bond donors (Lipinski definition) is 1. The van der Waals surface area contributed by atoms with Crippen molar-refractivity contribution >= 4 is 0 Å². The van der Waals surface area contributed by atoms with E-state index in [-0.39, 0.29) is 0 Å². The molecule has 0 spiro atoms. The molecule has 0 bridgehead atoms. The van der Waals surface area contributed by atoms with Crippen molar-refractivity contribution in [2.45, 2.75) is 13.3 Å². The highest BCUT2D eigenvalue weighted by molar-refractivity contribution is 4.51.